The Hall–Kier alpha value is 2.37. The molecule has 7 unspecified atom stereocenters. The molecule has 7 atom stereocenters. The summed E-state index contributed by atoms with van der Waals surface area (Å²) in [5, 5.41) is -2.96. The zero-order valence-corrected chi connectivity index (χ0v) is 19.1. The van der Waals surface area contributed by atoms with E-state index >= 15 is 0 Å². The first kappa shape index (κ1) is 21.4. The topological polar surface area (TPSA) is 0 Å². The maximum absolute atomic E-state index is 14.9. The molecule has 0 saturated carbocycles. The number of rotatable bonds is 6. The lowest BCUT2D eigenvalue weighted by Gasteiger charge is -2.60. The summed E-state index contributed by atoms with van der Waals surface area (Å²) in [6, 6.07) is 0. The lowest BCUT2D eigenvalue weighted by atomic mass is 9.53. The van der Waals surface area contributed by atoms with Gasteiger partial charge in [-0.05, 0) is 27.2 Å². The van der Waals surface area contributed by atoms with Gasteiger partial charge in [0.05, 0.1) is 0 Å². The minimum Gasteiger partial charge on any atom is -0.244 e. The van der Waals surface area contributed by atoms with Crippen molar-refractivity contribution in [3.8, 4) is 0 Å². The third-order valence-electron chi connectivity index (χ3n) is 4.30. The third-order valence-corrected chi connectivity index (χ3v) is 11.1. The Labute approximate surface area is 140 Å². The van der Waals surface area contributed by atoms with Crippen LogP contribution in [0.2, 0.25) is 5.31 Å². The predicted octanol–water partition coefficient (Wildman–Crippen LogP) is 4.34. The smallest absolute Gasteiger partial charge is 0.123 e. The summed E-state index contributed by atoms with van der Waals surface area (Å²) in [5.74, 6) is 0. The third kappa shape index (κ3) is 3.83. The van der Waals surface area contributed by atoms with E-state index in [0.717, 1.165) is 12.8 Å². The van der Waals surface area contributed by atoms with Crippen molar-refractivity contribution in [1.82, 2.24) is 0 Å². The second kappa shape index (κ2) is 6.47. The van der Waals surface area contributed by atoms with Gasteiger partial charge in [0, 0.05) is 13.4 Å². The second-order valence-electron chi connectivity index (χ2n) is 6.15. The second-order valence-corrected chi connectivity index (χ2v) is 13.8. The molecule has 8 heteroatoms. The zero-order chi connectivity index (χ0) is 15.9. The number of halogens is 3. The van der Waals surface area contributed by atoms with Crippen molar-refractivity contribution in [2.45, 2.75) is 65.0 Å². The van der Waals surface area contributed by atoms with E-state index in [1.807, 2.05) is 0 Å². The highest BCUT2D eigenvalue weighted by molar-refractivity contribution is 14.1. The first-order valence-corrected chi connectivity index (χ1v) is 9.67. The van der Waals surface area contributed by atoms with Crippen molar-refractivity contribution in [1.29, 1.82) is 0 Å². The highest BCUT2D eigenvalue weighted by Crippen LogP contribution is 2.72. The molecule has 0 amide bonds. The highest BCUT2D eigenvalue weighted by Gasteiger charge is 2.65. The molecule has 0 fully saturated rings. The Morgan fingerprint density at radius 3 is 1.63 bits per heavy atom. The van der Waals surface area contributed by atoms with Gasteiger partial charge in [-0.2, -0.15) is 0 Å². The summed E-state index contributed by atoms with van der Waals surface area (Å²) >= 11 is 2.30. The lowest BCUT2D eigenvalue weighted by Crippen LogP contribution is -2.60. The van der Waals surface area contributed by atoms with Gasteiger partial charge in [0.25, 0.3) is 0 Å². The van der Waals surface area contributed by atoms with Crippen molar-refractivity contribution in [3.05, 3.63) is 0 Å². The van der Waals surface area contributed by atoms with E-state index < -0.39 is 21.3 Å². The average Bonchev–Trinajstić information content (AvgIpc) is 2.12. The van der Waals surface area contributed by atoms with Crippen LogP contribution in [-0.4, -0.2) is 27.0 Å². The molecule has 0 aliphatic rings. The SMILES string of the molecule is BC(C(C)(C)F)(C(C)(F)P)C(P)(P)C(P)(I)CCC. The molecule has 0 aliphatic heterocycles. The van der Waals surface area contributed by atoms with E-state index in [2.05, 4.69) is 66.5 Å². The Bertz CT molecular complexity index is 310. The number of hydrogen-bond acceptors (Lipinski definition) is 0. The van der Waals surface area contributed by atoms with Gasteiger partial charge in [0.1, 0.15) is 18.9 Å². The molecule has 0 aromatic rings. The molecule has 0 bridgehead atoms. The van der Waals surface area contributed by atoms with Crippen LogP contribution in [0.3, 0.4) is 0 Å². The van der Waals surface area contributed by atoms with Gasteiger partial charge in [-0.25, -0.2) is 8.78 Å². The van der Waals surface area contributed by atoms with Gasteiger partial charge in [0.2, 0.25) is 0 Å². The largest absolute Gasteiger partial charge is 0.244 e. The van der Waals surface area contributed by atoms with Crippen molar-refractivity contribution in [2.24, 2.45) is 0 Å². The summed E-state index contributed by atoms with van der Waals surface area (Å²) in [6.45, 7) is 6.43. The average molecular weight is 458 g/mol. The molecule has 0 aromatic carbocycles. The van der Waals surface area contributed by atoms with Crippen LogP contribution in [0.4, 0.5) is 8.78 Å². The summed E-state index contributed by atoms with van der Waals surface area (Å²) in [5.41, 5.74) is -1.68. The van der Waals surface area contributed by atoms with Crippen LogP contribution in [0.25, 0.3) is 0 Å². The van der Waals surface area contributed by atoms with Crippen LogP contribution in [0.5, 0.6) is 0 Å². The summed E-state index contributed by atoms with van der Waals surface area (Å²) < 4.78 is 29.5. The maximum atomic E-state index is 14.9. The normalized spacial score (nSPS) is 23.3. The number of hydrogen-bond donors (Lipinski definition) is 0. The zero-order valence-electron chi connectivity index (χ0n) is 12.4. The minimum absolute atomic E-state index is 0.336. The number of alkyl halides is 3. The Kier molecular flexibility index (Phi) is 7.28. The van der Waals surface area contributed by atoms with Gasteiger partial charge in [0.15, 0.2) is 0 Å². The van der Waals surface area contributed by atoms with Gasteiger partial charge < -0.3 is 0 Å². The van der Waals surface area contributed by atoms with Crippen molar-refractivity contribution in [3.63, 3.8) is 0 Å². The molecule has 0 aliphatic carbocycles. The van der Waals surface area contributed by atoms with E-state index in [4.69, 9.17) is 0 Å². The molecule has 19 heavy (non-hydrogen) atoms. The molecule has 0 nitrogen and oxygen atoms in total. The van der Waals surface area contributed by atoms with Crippen molar-refractivity contribution in [2.75, 3.05) is 0 Å². The summed E-state index contributed by atoms with van der Waals surface area (Å²) in [6.07, 6.45) is 1.82. The van der Waals surface area contributed by atoms with E-state index in [-0.39, 0.29) is 3.16 Å². The van der Waals surface area contributed by atoms with Crippen LogP contribution in [-0.2, 0) is 0 Å². The quantitative estimate of drug-likeness (QED) is 0.241. The van der Waals surface area contributed by atoms with Crippen molar-refractivity contribution < 1.29 is 8.78 Å². The van der Waals surface area contributed by atoms with Gasteiger partial charge >= 0.3 is 0 Å². The van der Waals surface area contributed by atoms with Crippen LogP contribution in [0.15, 0.2) is 0 Å². The van der Waals surface area contributed by atoms with Gasteiger partial charge in [-0.15, -0.1) is 27.7 Å². The molecule has 0 saturated heterocycles. The van der Waals surface area contributed by atoms with E-state index in [1.165, 1.54) is 20.8 Å². The Balaban J connectivity index is 6.05. The maximum Gasteiger partial charge on any atom is 0.123 e. The van der Waals surface area contributed by atoms with Crippen LogP contribution < -0.4 is 0 Å². The lowest BCUT2D eigenvalue weighted by molar-refractivity contribution is 0.0524. The molecule has 114 valence electrons. The van der Waals surface area contributed by atoms with E-state index in [0.29, 0.717) is 0 Å². The predicted molar refractivity (Wildman–Crippen MR) is 109 cm³/mol. The van der Waals surface area contributed by atoms with E-state index in [1.54, 1.807) is 7.85 Å². The monoisotopic (exact) mass is 458 g/mol. The standard InChI is InChI=1S/C11H26BF2IP4/c1-5-6-9(15,17)11(18,19)10(12,7(2,3)13)8(4,14)16/h5-6,12,16-19H2,1-4H3. The molecular weight excluding hydrogens is 432 g/mol. The Morgan fingerprint density at radius 1 is 1.05 bits per heavy atom. The fourth-order valence-corrected chi connectivity index (χ4v) is 6.57. The molecule has 0 radical (unpaired) electrons. The molecule has 0 spiro atoms. The Morgan fingerprint density at radius 2 is 1.42 bits per heavy atom. The summed E-state index contributed by atoms with van der Waals surface area (Å²) in [4.78, 5) is -0.718. The minimum atomic E-state index is -1.74. The van der Waals surface area contributed by atoms with Crippen LogP contribution in [0.1, 0.15) is 40.5 Å². The fraction of sp³-hybridized carbons (Fsp3) is 1.00. The van der Waals surface area contributed by atoms with Gasteiger partial charge in [-0.1, -0.05) is 45.2 Å². The first-order valence-electron chi connectivity index (χ1n) is 6.28. The van der Waals surface area contributed by atoms with Crippen molar-refractivity contribution >= 4 is 67.4 Å². The van der Waals surface area contributed by atoms with Gasteiger partial charge in [-0.3, -0.25) is 0 Å². The summed E-state index contributed by atoms with van der Waals surface area (Å²) in [7, 11) is 12.0. The highest BCUT2D eigenvalue weighted by atomic mass is 127. The first-order chi connectivity index (χ1) is 8.06. The molecule has 0 N–H and O–H groups in total. The molecule has 0 heterocycles. The van der Waals surface area contributed by atoms with E-state index in [9.17, 15) is 8.78 Å². The molecule has 0 aromatic heterocycles. The fourth-order valence-electron chi connectivity index (χ4n) is 2.46. The van der Waals surface area contributed by atoms with Crippen LogP contribution >= 0.6 is 59.6 Å². The molecular formula is C11H26BF2IP4. The van der Waals surface area contributed by atoms with Crippen LogP contribution in [0, 0.1) is 0 Å². The molecule has 0 rings (SSSR count).